The number of oxime groups is 1. The molecule has 6 heteroatoms. The average molecular weight is 408 g/mol. The van der Waals surface area contributed by atoms with E-state index < -0.39 is 5.97 Å². The molecule has 5 nitrogen and oxygen atoms in total. The number of hydrogen-bond acceptors (Lipinski definition) is 4. The summed E-state index contributed by atoms with van der Waals surface area (Å²) < 4.78 is 1.97. The molecule has 0 spiro atoms. The van der Waals surface area contributed by atoms with E-state index in [-0.39, 0.29) is 5.41 Å². The van der Waals surface area contributed by atoms with Crippen LogP contribution in [0.15, 0.2) is 59.8 Å². The third-order valence-electron chi connectivity index (χ3n) is 5.04. The highest BCUT2D eigenvalue weighted by Gasteiger charge is 2.35. The number of benzene rings is 2. The molecule has 4 rings (SSSR count). The number of carbonyl (C=O) groups excluding carboxylic acids is 1. The van der Waals surface area contributed by atoms with Crippen LogP contribution < -0.4 is 0 Å². The molecule has 0 fully saturated rings. The Morgan fingerprint density at radius 2 is 1.90 bits per heavy atom. The van der Waals surface area contributed by atoms with Crippen LogP contribution >= 0.6 is 11.6 Å². The topological polar surface area (TPSA) is 56.5 Å². The van der Waals surface area contributed by atoms with Crippen LogP contribution in [0.1, 0.15) is 47.6 Å². The number of aromatic nitrogens is 2. The Balaban J connectivity index is 1.72. The molecule has 0 radical (unpaired) electrons. The summed E-state index contributed by atoms with van der Waals surface area (Å²) in [6.07, 6.45) is 1.56. The van der Waals surface area contributed by atoms with Gasteiger partial charge in [-0.25, -0.2) is 9.48 Å². The first-order valence-electron chi connectivity index (χ1n) is 9.52. The zero-order valence-electron chi connectivity index (χ0n) is 16.6. The summed E-state index contributed by atoms with van der Waals surface area (Å²) in [7, 11) is 0. The monoisotopic (exact) mass is 407 g/mol. The fraction of sp³-hybridized carbons (Fsp3) is 0.261. The summed E-state index contributed by atoms with van der Waals surface area (Å²) in [4.78, 5) is 17.7. The lowest BCUT2D eigenvalue weighted by Gasteiger charge is -2.30. The first-order valence-corrected chi connectivity index (χ1v) is 9.90. The van der Waals surface area contributed by atoms with Crippen LogP contribution in [0.3, 0.4) is 0 Å². The molecule has 29 heavy (non-hydrogen) atoms. The minimum Gasteiger partial charge on any atom is -0.313 e. The van der Waals surface area contributed by atoms with Crippen molar-refractivity contribution in [3.8, 4) is 5.69 Å². The van der Waals surface area contributed by atoms with Crippen molar-refractivity contribution in [2.24, 2.45) is 10.6 Å². The summed E-state index contributed by atoms with van der Waals surface area (Å²) in [6.45, 7) is 6.33. The average Bonchev–Trinajstić information content (AvgIpc) is 3.01. The second kappa shape index (κ2) is 7.48. The lowest BCUT2D eigenvalue weighted by molar-refractivity contribution is 0.0514. The summed E-state index contributed by atoms with van der Waals surface area (Å²) in [6, 6.07) is 16.7. The fourth-order valence-electron chi connectivity index (χ4n) is 3.80. The maximum absolute atomic E-state index is 12.4. The van der Waals surface area contributed by atoms with Gasteiger partial charge in [-0.1, -0.05) is 54.9 Å². The van der Waals surface area contributed by atoms with Gasteiger partial charge >= 0.3 is 5.97 Å². The molecule has 1 aliphatic rings. The van der Waals surface area contributed by atoms with Gasteiger partial charge in [-0.15, -0.1) is 0 Å². The molecule has 3 aromatic rings. The Labute approximate surface area is 174 Å². The zero-order valence-corrected chi connectivity index (χ0v) is 17.4. The third kappa shape index (κ3) is 3.96. The van der Waals surface area contributed by atoms with Gasteiger partial charge in [0, 0.05) is 10.6 Å². The van der Waals surface area contributed by atoms with Gasteiger partial charge in [-0.05, 0) is 55.5 Å². The van der Waals surface area contributed by atoms with Gasteiger partial charge in [0.1, 0.15) is 0 Å². The third-order valence-corrected chi connectivity index (χ3v) is 5.27. The van der Waals surface area contributed by atoms with Crippen LogP contribution in [-0.4, -0.2) is 21.5 Å². The molecule has 2 aromatic carbocycles. The van der Waals surface area contributed by atoms with Gasteiger partial charge in [-0.3, -0.25) is 0 Å². The first-order chi connectivity index (χ1) is 13.8. The SMILES string of the molecule is Cc1nn(-c2ccccc2)c2c1/C(=N/OC(=O)c1cccc(Cl)c1)CC(C)(C)C2. The van der Waals surface area contributed by atoms with Gasteiger partial charge in [0.2, 0.25) is 0 Å². The molecule has 0 N–H and O–H groups in total. The lowest BCUT2D eigenvalue weighted by atomic mass is 9.75. The van der Waals surface area contributed by atoms with Crippen molar-refractivity contribution in [3.63, 3.8) is 0 Å². The molecule has 1 aromatic heterocycles. The molecule has 148 valence electrons. The Morgan fingerprint density at radius 3 is 2.62 bits per heavy atom. The van der Waals surface area contributed by atoms with E-state index in [4.69, 9.17) is 21.5 Å². The smallest absolute Gasteiger partial charge is 0.313 e. The molecule has 0 bridgehead atoms. The van der Waals surface area contributed by atoms with Crippen molar-refractivity contribution in [2.75, 3.05) is 0 Å². The molecule has 0 unspecified atom stereocenters. The minimum absolute atomic E-state index is 0.0344. The Morgan fingerprint density at radius 1 is 1.14 bits per heavy atom. The standard InChI is InChI=1S/C23H22ClN3O2/c1-15-21-19(26-29-22(28)16-8-7-9-17(24)12-16)13-23(2,3)14-20(21)27(25-15)18-10-5-4-6-11-18/h4-12H,13-14H2,1-3H3/b26-19+. The number of carbonyl (C=O) groups is 1. The van der Waals surface area contributed by atoms with E-state index in [1.165, 1.54) is 0 Å². The second-order valence-electron chi connectivity index (χ2n) is 8.10. The summed E-state index contributed by atoms with van der Waals surface area (Å²) >= 11 is 5.97. The van der Waals surface area contributed by atoms with Crippen LogP contribution in [0.4, 0.5) is 0 Å². The highest BCUT2D eigenvalue weighted by Crippen LogP contribution is 2.37. The summed E-state index contributed by atoms with van der Waals surface area (Å²) in [5, 5.41) is 9.50. The van der Waals surface area contributed by atoms with Crippen molar-refractivity contribution in [3.05, 3.63) is 82.1 Å². The van der Waals surface area contributed by atoms with Gasteiger partial charge in [0.05, 0.1) is 28.4 Å². The predicted octanol–water partition coefficient (Wildman–Crippen LogP) is 5.37. The van der Waals surface area contributed by atoms with Crippen LogP contribution in [0, 0.1) is 12.3 Å². The van der Waals surface area contributed by atoms with Gasteiger partial charge in [0.25, 0.3) is 0 Å². The van der Waals surface area contributed by atoms with E-state index in [1.54, 1.807) is 24.3 Å². The van der Waals surface area contributed by atoms with E-state index in [0.717, 1.165) is 34.8 Å². The van der Waals surface area contributed by atoms with Crippen LogP contribution in [0.5, 0.6) is 0 Å². The Hall–Kier alpha value is -2.92. The Kier molecular flexibility index (Phi) is 5.01. The van der Waals surface area contributed by atoms with E-state index >= 15 is 0 Å². The molecule has 0 atom stereocenters. The maximum atomic E-state index is 12.4. The normalized spacial score (nSPS) is 16.5. The summed E-state index contributed by atoms with van der Waals surface area (Å²) in [5.74, 6) is -0.530. The van der Waals surface area contributed by atoms with Gasteiger partial charge in [-0.2, -0.15) is 5.10 Å². The van der Waals surface area contributed by atoms with Crippen molar-refractivity contribution < 1.29 is 9.63 Å². The van der Waals surface area contributed by atoms with E-state index in [9.17, 15) is 4.79 Å². The van der Waals surface area contributed by atoms with Crippen LogP contribution in [0.25, 0.3) is 5.69 Å². The molecule has 0 saturated carbocycles. The van der Waals surface area contributed by atoms with Gasteiger partial charge in [0.15, 0.2) is 0 Å². The van der Waals surface area contributed by atoms with Crippen LogP contribution in [-0.2, 0) is 11.3 Å². The van der Waals surface area contributed by atoms with Crippen molar-refractivity contribution >= 4 is 23.3 Å². The number of hydrogen-bond donors (Lipinski definition) is 0. The zero-order chi connectivity index (χ0) is 20.6. The van der Waals surface area contributed by atoms with Crippen molar-refractivity contribution in [1.29, 1.82) is 0 Å². The molecule has 0 saturated heterocycles. The quantitative estimate of drug-likeness (QED) is 0.433. The van der Waals surface area contributed by atoms with E-state index in [0.29, 0.717) is 17.0 Å². The van der Waals surface area contributed by atoms with Crippen molar-refractivity contribution in [2.45, 2.75) is 33.6 Å². The summed E-state index contributed by atoms with van der Waals surface area (Å²) in [5.41, 5.74) is 5.00. The molecule has 0 aliphatic heterocycles. The number of rotatable bonds is 3. The molecule has 1 heterocycles. The lowest BCUT2D eigenvalue weighted by Crippen LogP contribution is -2.29. The van der Waals surface area contributed by atoms with Crippen LogP contribution in [0.2, 0.25) is 5.02 Å². The number of fused-ring (bicyclic) bond motifs is 1. The predicted molar refractivity (Wildman–Crippen MR) is 114 cm³/mol. The largest absolute Gasteiger partial charge is 0.365 e. The highest BCUT2D eigenvalue weighted by atomic mass is 35.5. The molecule has 1 aliphatic carbocycles. The number of para-hydroxylation sites is 1. The highest BCUT2D eigenvalue weighted by molar-refractivity contribution is 6.30. The minimum atomic E-state index is -0.530. The Bertz CT molecular complexity index is 1100. The number of nitrogens with zero attached hydrogens (tertiary/aromatic N) is 3. The molecular formula is C23H22ClN3O2. The molecular weight excluding hydrogens is 386 g/mol. The maximum Gasteiger partial charge on any atom is 0.365 e. The van der Waals surface area contributed by atoms with E-state index in [2.05, 4.69) is 19.0 Å². The molecule has 0 amide bonds. The van der Waals surface area contributed by atoms with Gasteiger partial charge < -0.3 is 4.84 Å². The van der Waals surface area contributed by atoms with Crippen molar-refractivity contribution in [1.82, 2.24) is 9.78 Å². The fourth-order valence-corrected chi connectivity index (χ4v) is 3.99. The first kappa shape index (κ1) is 19.4. The second-order valence-corrected chi connectivity index (χ2v) is 8.54. The van der Waals surface area contributed by atoms with E-state index in [1.807, 2.05) is 41.9 Å². The number of aryl methyl sites for hydroxylation is 1. The number of halogens is 1.